The molecule has 1 fully saturated rings. The maximum atomic E-state index is 13.2. The number of aryl methyl sites for hydroxylation is 1. The zero-order valence-corrected chi connectivity index (χ0v) is 17.9. The number of carbonyl (C=O) groups excluding carboxylic acids is 1. The summed E-state index contributed by atoms with van der Waals surface area (Å²) in [5.41, 5.74) is 1.81. The number of amides is 1. The fourth-order valence-electron chi connectivity index (χ4n) is 3.42. The monoisotopic (exact) mass is 418 g/mol. The molecule has 1 amide bonds. The molecule has 29 heavy (non-hydrogen) atoms. The molecular weight excluding hydrogens is 391 g/mol. The van der Waals surface area contributed by atoms with Gasteiger partial charge in [-0.15, -0.1) is 0 Å². The Morgan fingerprint density at radius 1 is 1.07 bits per heavy atom. The summed E-state index contributed by atoms with van der Waals surface area (Å²) in [6, 6.07) is 11.1. The van der Waals surface area contributed by atoms with Crippen LogP contribution in [0.15, 0.2) is 47.4 Å². The maximum absolute atomic E-state index is 13.2. The highest BCUT2D eigenvalue weighted by Crippen LogP contribution is 2.31. The van der Waals surface area contributed by atoms with Gasteiger partial charge in [-0.2, -0.15) is 4.31 Å². The Hall–Kier alpha value is -2.25. The van der Waals surface area contributed by atoms with Crippen LogP contribution in [0.25, 0.3) is 0 Å². The molecule has 5 nitrogen and oxygen atoms in total. The number of hydrogen-bond acceptors (Lipinski definition) is 3. The molecule has 0 aromatic heterocycles. The first-order valence-corrected chi connectivity index (χ1v) is 11.4. The molecule has 1 aliphatic rings. The van der Waals surface area contributed by atoms with Crippen molar-refractivity contribution in [2.45, 2.75) is 51.1 Å². The Bertz CT molecular complexity index is 982. The lowest BCUT2D eigenvalue weighted by molar-refractivity contribution is 0.0729. The molecule has 0 spiro atoms. The Labute approximate surface area is 172 Å². The maximum Gasteiger partial charge on any atom is 0.254 e. The van der Waals surface area contributed by atoms with Crippen molar-refractivity contribution in [2.24, 2.45) is 0 Å². The molecule has 3 rings (SSSR count). The quantitative estimate of drug-likeness (QED) is 0.652. The number of carbonyl (C=O) groups is 1. The number of benzene rings is 2. The zero-order chi connectivity index (χ0) is 21.2. The van der Waals surface area contributed by atoms with Crippen molar-refractivity contribution in [3.05, 3.63) is 65.0 Å². The molecule has 0 heterocycles. The normalized spacial score (nSPS) is 14.2. The Morgan fingerprint density at radius 3 is 2.24 bits per heavy atom. The first-order chi connectivity index (χ1) is 13.8. The zero-order valence-electron chi connectivity index (χ0n) is 17.1. The van der Waals surface area contributed by atoms with Gasteiger partial charge in [0.25, 0.3) is 5.91 Å². The van der Waals surface area contributed by atoms with Crippen LogP contribution in [0.5, 0.6) is 0 Å². The van der Waals surface area contributed by atoms with Gasteiger partial charge in [0.05, 0.1) is 4.90 Å². The van der Waals surface area contributed by atoms with Crippen molar-refractivity contribution in [1.82, 2.24) is 9.21 Å². The highest BCUT2D eigenvalue weighted by molar-refractivity contribution is 7.89. The molecule has 2 aromatic carbocycles. The number of sulfonamides is 1. The van der Waals surface area contributed by atoms with Gasteiger partial charge in [-0.3, -0.25) is 4.79 Å². The van der Waals surface area contributed by atoms with Crippen LogP contribution < -0.4 is 0 Å². The smallest absolute Gasteiger partial charge is 0.254 e. The fourth-order valence-corrected chi connectivity index (χ4v) is 5.13. The number of nitrogens with zero attached hydrogens (tertiary/aromatic N) is 2. The number of halogens is 1. The summed E-state index contributed by atoms with van der Waals surface area (Å²) in [7, 11) is -3.66. The average Bonchev–Trinajstić information content (AvgIpc) is 3.53. The minimum Gasteiger partial charge on any atom is -0.331 e. The topological polar surface area (TPSA) is 57.7 Å². The molecule has 0 saturated heterocycles. The summed E-state index contributed by atoms with van der Waals surface area (Å²) < 4.78 is 40.6. The molecule has 0 N–H and O–H groups in total. The standard InChI is InChI=1S/C22H27FN2O3S/c1-4-24(5-2)29(27,28)21-14-18(9-6-16(21)3)22(26)25(20-12-13-20)15-17-7-10-19(23)11-8-17/h6-11,14,20H,4-5,12-13,15H2,1-3H3. The third-order valence-corrected chi connectivity index (χ3v) is 7.46. The minimum absolute atomic E-state index is 0.136. The lowest BCUT2D eigenvalue weighted by atomic mass is 10.1. The van der Waals surface area contributed by atoms with Gasteiger partial charge in [-0.25, -0.2) is 12.8 Å². The van der Waals surface area contributed by atoms with E-state index in [9.17, 15) is 17.6 Å². The van der Waals surface area contributed by atoms with Crippen molar-refractivity contribution in [3.8, 4) is 0 Å². The van der Waals surface area contributed by atoms with Crippen LogP contribution in [0.4, 0.5) is 4.39 Å². The second-order valence-electron chi connectivity index (χ2n) is 7.36. The number of rotatable bonds is 8. The van der Waals surface area contributed by atoms with Crippen molar-refractivity contribution in [1.29, 1.82) is 0 Å². The third-order valence-electron chi connectivity index (χ3n) is 5.27. The molecule has 156 valence electrons. The second kappa shape index (κ2) is 8.63. The minimum atomic E-state index is -3.66. The molecule has 0 radical (unpaired) electrons. The van der Waals surface area contributed by atoms with E-state index in [0.717, 1.165) is 18.4 Å². The highest BCUT2D eigenvalue weighted by atomic mass is 32.2. The van der Waals surface area contributed by atoms with E-state index < -0.39 is 10.0 Å². The summed E-state index contributed by atoms with van der Waals surface area (Å²) in [5.74, 6) is -0.518. The first-order valence-electron chi connectivity index (χ1n) is 9.94. The molecule has 0 aliphatic heterocycles. The predicted octanol–water partition coefficient (Wildman–Crippen LogP) is 3.97. The SMILES string of the molecule is CCN(CC)S(=O)(=O)c1cc(C(=O)N(Cc2ccc(F)cc2)C2CC2)ccc1C. The average molecular weight is 419 g/mol. The molecule has 0 bridgehead atoms. The third kappa shape index (κ3) is 4.67. The van der Waals surface area contributed by atoms with E-state index in [1.807, 2.05) is 0 Å². The van der Waals surface area contributed by atoms with E-state index in [1.54, 1.807) is 49.9 Å². The van der Waals surface area contributed by atoms with E-state index in [4.69, 9.17) is 0 Å². The Morgan fingerprint density at radius 2 is 1.69 bits per heavy atom. The van der Waals surface area contributed by atoms with Gasteiger partial charge in [-0.05, 0) is 55.2 Å². The lowest BCUT2D eigenvalue weighted by Gasteiger charge is -2.24. The largest absolute Gasteiger partial charge is 0.331 e. The van der Waals surface area contributed by atoms with Crippen LogP contribution >= 0.6 is 0 Å². The summed E-state index contributed by atoms with van der Waals surface area (Å²) in [4.78, 5) is 15.2. The van der Waals surface area contributed by atoms with Gasteiger partial charge < -0.3 is 4.90 Å². The van der Waals surface area contributed by atoms with E-state index in [-0.39, 0.29) is 22.7 Å². The summed E-state index contributed by atoms with van der Waals surface area (Å²) >= 11 is 0. The molecule has 1 saturated carbocycles. The van der Waals surface area contributed by atoms with Crippen molar-refractivity contribution in [2.75, 3.05) is 13.1 Å². The first kappa shape index (κ1) is 21.5. The van der Waals surface area contributed by atoms with Gasteiger partial charge in [0, 0.05) is 31.2 Å². The molecule has 0 unspecified atom stereocenters. The molecule has 1 aliphatic carbocycles. The van der Waals surface area contributed by atoms with Crippen molar-refractivity contribution < 1.29 is 17.6 Å². The molecular formula is C22H27FN2O3S. The van der Waals surface area contributed by atoms with Crippen LogP contribution in [-0.2, 0) is 16.6 Å². The van der Waals surface area contributed by atoms with E-state index >= 15 is 0 Å². The van der Waals surface area contributed by atoms with E-state index in [0.29, 0.717) is 30.8 Å². The van der Waals surface area contributed by atoms with Gasteiger partial charge >= 0.3 is 0 Å². The molecule has 7 heteroatoms. The van der Waals surface area contributed by atoms with Gasteiger partial charge in [0.1, 0.15) is 5.82 Å². The Kier molecular flexibility index (Phi) is 6.39. The molecule has 2 aromatic rings. The van der Waals surface area contributed by atoms with Crippen LogP contribution in [0.1, 0.15) is 48.2 Å². The highest BCUT2D eigenvalue weighted by Gasteiger charge is 2.34. The summed E-state index contributed by atoms with van der Waals surface area (Å²) in [6.07, 6.45) is 1.84. The second-order valence-corrected chi connectivity index (χ2v) is 9.27. The Balaban J connectivity index is 1.92. The van der Waals surface area contributed by atoms with Gasteiger partial charge in [0.2, 0.25) is 10.0 Å². The fraction of sp³-hybridized carbons (Fsp3) is 0.409. The van der Waals surface area contributed by atoms with Crippen LogP contribution in [0.3, 0.4) is 0 Å². The van der Waals surface area contributed by atoms with Gasteiger partial charge in [0.15, 0.2) is 0 Å². The summed E-state index contributed by atoms with van der Waals surface area (Å²) in [5, 5.41) is 0. The van der Waals surface area contributed by atoms with Crippen LogP contribution in [0.2, 0.25) is 0 Å². The van der Waals surface area contributed by atoms with Crippen molar-refractivity contribution in [3.63, 3.8) is 0 Å². The van der Waals surface area contributed by atoms with Crippen molar-refractivity contribution >= 4 is 15.9 Å². The lowest BCUT2D eigenvalue weighted by Crippen LogP contribution is -2.33. The van der Waals surface area contributed by atoms with Gasteiger partial charge in [-0.1, -0.05) is 32.0 Å². The van der Waals surface area contributed by atoms with E-state index in [1.165, 1.54) is 22.5 Å². The molecule has 0 atom stereocenters. The van der Waals surface area contributed by atoms with Crippen LogP contribution in [-0.4, -0.2) is 42.7 Å². The number of hydrogen-bond donors (Lipinski definition) is 0. The predicted molar refractivity (Wildman–Crippen MR) is 111 cm³/mol. The van der Waals surface area contributed by atoms with E-state index in [2.05, 4.69) is 0 Å². The summed E-state index contributed by atoms with van der Waals surface area (Å²) in [6.45, 7) is 6.44. The van der Waals surface area contributed by atoms with Crippen LogP contribution in [0, 0.1) is 12.7 Å².